The van der Waals surface area contributed by atoms with E-state index in [1.807, 2.05) is 30.3 Å². The molecule has 1 aliphatic heterocycles. The summed E-state index contributed by atoms with van der Waals surface area (Å²) in [4.78, 5) is 24.6. The molecule has 2 amide bonds. The molecule has 0 unspecified atom stereocenters. The summed E-state index contributed by atoms with van der Waals surface area (Å²) in [6.07, 6.45) is 2.76. The predicted octanol–water partition coefficient (Wildman–Crippen LogP) is 3.53. The van der Waals surface area contributed by atoms with E-state index < -0.39 is 0 Å². The highest BCUT2D eigenvalue weighted by molar-refractivity contribution is 9.10. The molecule has 2 aliphatic rings. The van der Waals surface area contributed by atoms with Crippen molar-refractivity contribution in [2.75, 3.05) is 11.9 Å². The average Bonchev–Trinajstić information content (AvgIpc) is 3.45. The maximum Gasteiger partial charge on any atom is 0.255 e. The molecule has 1 aliphatic carbocycles. The van der Waals surface area contributed by atoms with E-state index in [4.69, 9.17) is 4.74 Å². The highest BCUT2D eigenvalue weighted by Gasteiger charge is 2.30. The molecule has 0 radical (unpaired) electrons. The van der Waals surface area contributed by atoms with Gasteiger partial charge in [0.15, 0.2) is 0 Å². The van der Waals surface area contributed by atoms with Crippen LogP contribution in [0.15, 0.2) is 46.9 Å². The normalized spacial score (nSPS) is 18.4. The maximum atomic E-state index is 12.4. The smallest absolute Gasteiger partial charge is 0.255 e. The molecule has 2 N–H and O–H groups in total. The average molecular weight is 415 g/mol. The number of carbonyl (C=O) groups is 2. The molecule has 0 bridgehead atoms. The molecule has 4 rings (SSSR count). The fourth-order valence-corrected chi connectivity index (χ4v) is 3.26. The van der Waals surface area contributed by atoms with Crippen LogP contribution in [0.1, 0.15) is 28.8 Å². The second kappa shape index (κ2) is 7.11. The molecule has 1 saturated carbocycles. The molecular formula is C20H19BrN2O3. The molecule has 1 fully saturated rings. The third-order valence-corrected chi connectivity index (χ3v) is 5.15. The number of halogens is 1. The molecule has 0 spiro atoms. The zero-order valence-corrected chi connectivity index (χ0v) is 15.7. The van der Waals surface area contributed by atoms with E-state index in [9.17, 15) is 9.59 Å². The zero-order chi connectivity index (χ0) is 18.1. The number of carbonyl (C=O) groups excluding carboxylic acids is 2. The van der Waals surface area contributed by atoms with Gasteiger partial charge in [-0.3, -0.25) is 9.59 Å². The highest BCUT2D eigenvalue weighted by atomic mass is 79.9. The quantitative estimate of drug-likeness (QED) is 0.803. The Hall–Kier alpha value is -2.34. The van der Waals surface area contributed by atoms with Crippen molar-refractivity contribution < 1.29 is 14.3 Å². The number of ether oxygens (including phenoxy) is 1. The van der Waals surface area contributed by atoms with Gasteiger partial charge in [0.2, 0.25) is 5.91 Å². The monoisotopic (exact) mass is 414 g/mol. The number of rotatable bonds is 4. The van der Waals surface area contributed by atoms with Crippen molar-refractivity contribution in [2.45, 2.75) is 25.3 Å². The Bertz CT molecular complexity index is 847. The number of amides is 2. The molecule has 0 aromatic heterocycles. The van der Waals surface area contributed by atoms with Crippen LogP contribution in [0.4, 0.5) is 5.69 Å². The van der Waals surface area contributed by atoms with E-state index in [0.29, 0.717) is 30.3 Å². The minimum atomic E-state index is -0.180. The Kier molecular flexibility index (Phi) is 4.68. The van der Waals surface area contributed by atoms with Gasteiger partial charge in [0.25, 0.3) is 5.91 Å². The van der Waals surface area contributed by atoms with E-state index >= 15 is 0 Å². The summed E-state index contributed by atoms with van der Waals surface area (Å²) in [5, 5.41) is 5.94. The standard InChI is InChI=1S/C20H19BrN2O3/c21-15-3-1-12(2-4-15)19(24)23-17-7-8-18-13(10-17)9-14(11-26-18)20(25)22-16-5-6-16/h1-4,7-8,10,14,16H,5-6,9,11H2,(H,22,25)(H,23,24)/t14-/m1/s1. The van der Waals surface area contributed by atoms with Crippen molar-refractivity contribution in [1.29, 1.82) is 0 Å². The summed E-state index contributed by atoms with van der Waals surface area (Å²) >= 11 is 3.36. The van der Waals surface area contributed by atoms with Gasteiger partial charge in [0.1, 0.15) is 12.4 Å². The van der Waals surface area contributed by atoms with Gasteiger partial charge < -0.3 is 15.4 Å². The number of anilines is 1. The van der Waals surface area contributed by atoms with Crippen LogP contribution >= 0.6 is 15.9 Å². The summed E-state index contributed by atoms with van der Waals surface area (Å²) in [6.45, 7) is 0.399. The van der Waals surface area contributed by atoms with Gasteiger partial charge in [0.05, 0.1) is 5.92 Å². The Morgan fingerprint density at radius 1 is 1.08 bits per heavy atom. The Morgan fingerprint density at radius 3 is 2.58 bits per heavy atom. The van der Waals surface area contributed by atoms with Crippen LogP contribution in [0.2, 0.25) is 0 Å². The van der Waals surface area contributed by atoms with Crippen LogP contribution in [0.3, 0.4) is 0 Å². The van der Waals surface area contributed by atoms with Gasteiger partial charge in [-0.15, -0.1) is 0 Å². The topological polar surface area (TPSA) is 67.4 Å². The molecule has 2 aromatic rings. The Balaban J connectivity index is 1.45. The second-order valence-corrected chi connectivity index (χ2v) is 7.69. The fraction of sp³-hybridized carbons (Fsp3) is 0.300. The first-order valence-corrected chi connectivity index (χ1v) is 9.51. The fourth-order valence-electron chi connectivity index (χ4n) is 2.99. The molecule has 26 heavy (non-hydrogen) atoms. The van der Waals surface area contributed by atoms with Crippen molar-refractivity contribution in [2.24, 2.45) is 5.92 Å². The van der Waals surface area contributed by atoms with Gasteiger partial charge in [-0.25, -0.2) is 0 Å². The van der Waals surface area contributed by atoms with E-state index in [1.54, 1.807) is 12.1 Å². The molecule has 5 nitrogen and oxygen atoms in total. The summed E-state index contributed by atoms with van der Waals surface area (Å²) in [6, 6.07) is 13.1. The number of hydrogen-bond acceptors (Lipinski definition) is 3. The van der Waals surface area contributed by atoms with Gasteiger partial charge in [-0.2, -0.15) is 0 Å². The minimum Gasteiger partial charge on any atom is -0.492 e. The van der Waals surface area contributed by atoms with Crippen molar-refractivity contribution in [3.8, 4) is 5.75 Å². The summed E-state index contributed by atoms with van der Waals surface area (Å²) < 4.78 is 6.66. The second-order valence-electron chi connectivity index (χ2n) is 6.78. The predicted molar refractivity (Wildman–Crippen MR) is 102 cm³/mol. The van der Waals surface area contributed by atoms with Gasteiger partial charge >= 0.3 is 0 Å². The zero-order valence-electron chi connectivity index (χ0n) is 14.1. The lowest BCUT2D eigenvalue weighted by molar-refractivity contribution is -0.126. The maximum absolute atomic E-state index is 12.4. The van der Waals surface area contributed by atoms with Crippen LogP contribution in [0.25, 0.3) is 0 Å². The van der Waals surface area contributed by atoms with Gasteiger partial charge in [0, 0.05) is 21.8 Å². The molecule has 6 heteroatoms. The van der Waals surface area contributed by atoms with Gasteiger partial charge in [-0.1, -0.05) is 15.9 Å². The lowest BCUT2D eigenvalue weighted by Crippen LogP contribution is -2.38. The van der Waals surface area contributed by atoms with Crippen molar-refractivity contribution in [3.05, 3.63) is 58.1 Å². The molecule has 2 aromatic carbocycles. The lowest BCUT2D eigenvalue weighted by Gasteiger charge is -2.25. The number of hydrogen-bond donors (Lipinski definition) is 2. The molecule has 0 saturated heterocycles. The summed E-state index contributed by atoms with van der Waals surface area (Å²) in [7, 11) is 0. The molecule has 1 heterocycles. The van der Waals surface area contributed by atoms with Crippen molar-refractivity contribution in [3.63, 3.8) is 0 Å². The number of fused-ring (bicyclic) bond motifs is 1. The van der Waals surface area contributed by atoms with Crippen LogP contribution in [0.5, 0.6) is 5.75 Å². The van der Waals surface area contributed by atoms with Crippen molar-refractivity contribution >= 4 is 33.4 Å². The molecule has 134 valence electrons. The summed E-state index contributed by atoms with van der Waals surface area (Å²) in [5.74, 6) is 0.488. The van der Waals surface area contributed by atoms with Crippen LogP contribution < -0.4 is 15.4 Å². The largest absolute Gasteiger partial charge is 0.492 e. The van der Waals surface area contributed by atoms with E-state index in [1.165, 1.54) is 0 Å². The first-order valence-electron chi connectivity index (χ1n) is 8.71. The third kappa shape index (κ3) is 3.90. The van der Waals surface area contributed by atoms with Gasteiger partial charge in [-0.05, 0) is 67.3 Å². The van der Waals surface area contributed by atoms with Crippen LogP contribution in [-0.2, 0) is 11.2 Å². The number of benzene rings is 2. The lowest BCUT2D eigenvalue weighted by atomic mass is 9.95. The first-order chi connectivity index (χ1) is 12.6. The number of nitrogens with one attached hydrogen (secondary N) is 2. The Morgan fingerprint density at radius 2 is 1.85 bits per heavy atom. The summed E-state index contributed by atoms with van der Waals surface area (Å²) in [5.41, 5.74) is 2.23. The minimum absolute atomic E-state index is 0.0578. The third-order valence-electron chi connectivity index (χ3n) is 4.63. The molecule has 1 atom stereocenters. The molecular weight excluding hydrogens is 396 g/mol. The van der Waals surface area contributed by atoms with E-state index in [0.717, 1.165) is 28.6 Å². The first kappa shape index (κ1) is 17.1. The highest BCUT2D eigenvalue weighted by Crippen LogP contribution is 2.31. The van der Waals surface area contributed by atoms with E-state index in [-0.39, 0.29) is 17.7 Å². The van der Waals surface area contributed by atoms with Crippen molar-refractivity contribution in [1.82, 2.24) is 5.32 Å². The SMILES string of the molecule is O=C(Nc1ccc2c(c1)C[C@@H](C(=O)NC1CC1)CO2)c1ccc(Br)cc1. The Labute approximate surface area is 160 Å². The van der Waals surface area contributed by atoms with E-state index in [2.05, 4.69) is 26.6 Å². The van der Waals surface area contributed by atoms with Crippen LogP contribution in [0, 0.1) is 5.92 Å². The van der Waals surface area contributed by atoms with Crippen LogP contribution in [-0.4, -0.2) is 24.5 Å².